The number of para-hydroxylation sites is 1. The highest BCUT2D eigenvalue weighted by molar-refractivity contribution is 7.26. The quantitative estimate of drug-likeness (QED) is 0.151. The molecular weight excluding hydrogens is 867 g/mol. The number of hydrogen-bond donors (Lipinski definition) is 0. The number of thiophene rings is 1. The van der Waals surface area contributed by atoms with Crippen LogP contribution in [0.5, 0.6) is 0 Å². The first-order valence-electron chi connectivity index (χ1n) is 24.0. The van der Waals surface area contributed by atoms with Gasteiger partial charge in [0.2, 0.25) is 0 Å². The molecule has 0 fully saturated rings. The molecule has 2 nitrogen and oxygen atoms in total. The van der Waals surface area contributed by atoms with Crippen LogP contribution in [-0.2, 0) is 5.41 Å². The molecule has 70 heavy (non-hydrogen) atoms. The molecule has 2 aromatic heterocycles. The van der Waals surface area contributed by atoms with Crippen LogP contribution in [-0.4, -0.2) is 0 Å². The van der Waals surface area contributed by atoms with Gasteiger partial charge >= 0.3 is 0 Å². The van der Waals surface area contributed by atoms with Gasteiger partial charge in [0.05, 0.1) is 5.41 Å². The molecule has 0 radical (unpaired) electrons. The largest absolute Gasteiger partial charge is 0.456 e. The van der Waals surface area contributed by atoms with Crippen molar-refractivity contribution in [1.29, 1.82) is 0 Å². The van der Waals surface area contributed by atoms with Crippen LogP contribution in [0.25, 0.3) is 86.6 Å². The number of rotatable bonds is 8. The zero-order valence-electron chi connectivity index (χ0n) is 38.1. The molecule has 0 bridgehead atoms. The van der Waals surface area contributed by atoms with Gasteiger partial charge in [-0.25, -0.2) is 0 Å². The molecule has 0 aliphatic heterocycles. The van der Waals surface area contributed by atoms with Crippen LogP contribution in [0.3, 0.4) is 0 Å². The second-order valence-corrected chi connectivity index (χ2v) is 19.4. The highest BCUT2D eigenvalue weighted by Gasteiger charge is 2.46. The normalized spacial score (nSPS) is 12.7. The van der Waals surface area contributed by atoms with Gasteiger partial charge in [-0.05, 0) is 133 Å². The number of fused-ring (bicyclic) bond motifs is 9. The monoisotopic (exact) mass is 909 g/mol. The van der Waals surface area contributed by atoms with Gasteiger partial charge in [0, 0.05) is 48.0 Å². The van der Waals surface area contributed by atoms with Gasteiger partial charge in [-0.3, -0.25) is 0 Å². The minimum atomic E-state index is -0.477. The third-order valence-corrected chi connectivity index (χ3v) is 15.8. The number of furan rings is 1. The second-order valence-electron chi connectivity index (χ2n) is 18.4. The molecule has 2 heterocycles. The Morgan fingerprint density at radius 3 is 1.71 bits per heavy atom. The average Bonchev–Trinajstić information content (AvgIpc) is 4.10. The number of anilines is 3. The summed E-state index contributed by atoms with van der Waals surface area (Å²) in [6, 6.07) is 95.6. The Balaban J connectivity index is 0.916. The SMILES string of the molecule is c1ccc(C2(c3ccccc3)c3ccccc3-c3cc(N(c4ccc(-c5cccc(-c6ccc7oc8ccccc8c7c6)c5)cc4)c4cccc(-c5cccc6c5sc5ccccc56)c4)ccc32)cc1. The van der Waals surface area contributed by atoms with Crippen molar-refractivity contribution in [2.45, 2.75) is 5.41 Å². The molecule has 0 saturated carbocycles. The lowest BCUT2D eigenvalue weighted by Gasteiger charge is -2.34. The minimum Gasteiger partial charge on any atom is -0.456 e. The molecule has 1 aliphatic rings. The molecule has 0 saturated heterocycles. The average molecular weight is 910 g/mol. The van der Waals surface area contributed by atoms with E-state index in [0.717, 1.165) is 50.1 Å². The predicted molar refractivity (Wildman–Crippen MR) is 295 cm³/mol. The first kappa shape index (κ1) is 40.3. The molecule has 11 aromatic carbocycles. The Labute approximate surface area is 410 Å². The Morgan fingerprint density at radius 1 is 0.314 bits per heavy atom. The van der Waals surface area contributed by atoms with E-state index in [0.29, 0.717) is 0 Å². The van der Waals surface area contributed by atoms with E-state index in [1.54, 1.807) is 0 Å². The van der Waals surface area contributed by atoms with Gasteiger partial charge in [-0.2, -0.15) is 0 Å². The first-order chi connectivity index (χ1) is 34.7. The maximum absolute atomic E-state index is 6.17. The lowest BCUT2D eigenvalue weighted by atomic mass is 9.68. The number of benzene rings is 11. The molecule has 1 aliphatic carbocycles. The van der Waals surface area contributed by atoms with Gasteiger partial charge < -0.3 is 9.32 Å². The van der Waals surface area contributed by atoms with Crippen LogP contribution in [0.2, 0.25) is 0 Å². The summed E-state index contributed by atoms with van der Waals surface area (Å²) in [6.45, 7) is 0. The molecular formula is C67H43NOS. The van der Waals surface area contributed by atoms with Crippen LogP contribution in [0.1, 0.15) is 22.3 Å². The summed E-state index contributed by atoms with van der Waals surface area (Å²) in [6.07, 6.45) is 0. The Kier molecular flexibility index (Phi) is 9.33. The van der Waals surface area contributed by atoms with E-state index < -0.39 is 5.41 Å². The summed E-state index contributed by atoms with van der Waals surface area (Å²) < 4.78 is 8.78. The van der Waals surface area contributed by atoms with Gasteiger partial charge in [0.1, 0.15) is 11.2 Å². The van der Waals surface area contributed by atoms with Crippen LogP contribution in [0.4, 0.5) is 17.1 Å². The fourth-order valence-electron chi connectivity index (χ4n) is 11.4. The summed E-state index contributed by atoms with van der Waals surface area (Å²) in [5.74, 6) is 0. The maximum Gasteiger partial charge on any atom is 0.135 e. The Hall–Kier alpha value is -8.76. The predicted octanol–water partition coefficient (Wildman–Crippen LogP) is 18.8. The minimum absolute atomic E-state index is 0.477. The van der Waals surface area contributed by atoms with Crippen LogP contribution < -0.4 is 4.90 Å². The summed E-state index contributed by atoms with van der Waals surface area (Å²) in [5.41, 5.74) is 19.3. The van der Waals surface area contributed by atoms with Gasteiger partial charge in [0.15, 0.2) is 0 Å². The van der Waals surface area contributed by atoms with Gasteiger partial charge in [0.25, 0.3) is 0 Å². The third-order valence-electron chi connectivity index (χ3n) is 14.6. The number of nitrogens with zero attached hydrogens (tertiary/aromatic N) is 1. The fraction of sp³-hybridized carbons (Fsp3) is 0.0149. The number of hydrogen-bond acceptors (Lipinski definition) is 3. The highest BCUT2D eigenvalue weighted by atomic mass is 32.1. The molecule has 14 rings (SSSR count). The Morgan fingerprint density at radius 2 is 0.886 bits per heavy atom. The van der Waals surface area contributed by atoms with E-state index in [4.69, 9.17) is 4.42 Å². The van der Waals surface area contributed by atoms with Crippen molar-refractivity contribution >= 4 is 70.5 Å². The van der Waals surface area contributed by atoms with Crippen molar-refractivity contribution in [2.24, 2.45) is 0 Å². The van der Waals surface area contributed by atoms with Crippen molar-refractivity contribution in [1.82, 2.24) is 0 Å². The fourth-order valence-corrected chi connectivity index (χ4v) is 12.6. The summed E-state index contributed by atoms with van der Waals surface area (Å²) in [5, 5.41) is 4.88. The summed E-state index contributed by atoms with van der Waals surface area (Å²) in [7, 11) is 0. The topological polar surface area (TPSA) is 16.4 Å². The highest BCUT2D eigenvalue weighted by Crippen LogP contribution is 2.57. The van der Waals surface area contributed by atoms with E-state index in [2.05, 4.69) is 254 Å². The van der Waals surface area contributed by atoms with Crippen LogP contribution in [0, 0.1) is 0 Å². The lowest BCUT2D eigenvalue weighted by molar-refractivity contribution is 0.669. The second kappa shape index (κ2) is 16.2. The van der Waals surface area contributed by atoms with Gasteiger partial charge in [-0.15, -0.1) is 11.3 Å². The van der Waals surface area contributed by atoms with Crippen LogP contribution in [0.15, 0.2) is 265 Å². The molecule has 0 atom stereocenters. The van der Waals surface area contributed by atoms with Crippen molar-refractivity contribution in [3.63, 3.8) is 0 Å². The maximum atomic E-state index is 6.17. The Bertz CT molecular complexity index is 4090. The zero-order valence-corrected chi connectivity index (χ0v) is 38.9. The molecule has 3 heteroatoms. The molecule has 0 spiro atoms. The van der Waals surface area contributed by atoms with Gasteiger partial charge in [-0.1, -0.05) is 194 Å². The third kappa shape index (κ3) is 6.32. The van der Waals surface area contributed by atoms with Crippen molar-refractivity contribution in [2.75, 3.05) is 4.90 Å². The first-order valence-corrected chi connectivity index (χ1v) is 24.8. The van der Waals surface area contributed by atoms with Crippen molar-refractivity contribution < 1.29 is 4.42 Å². The molecule has 13 aromatic rings. The van der Waals surface area contributed by atoms with E-state index in [-0.39, 0.29) is 0 Å². The summed E-state index contributed by atoms with van der Waals surface area (Å²) >= 11 is 1.88. The molecule has 0 amide bonds. The smallest absolute Gasteiger partial charge is 0.135 e. The van der Waals surface area contributed by atoms with Crippen LogP contribution >= 0.6 is 11.3 Å². The van der Waals surface area contributed by atoms with E-state index in [1.165, 1.54) is 75.8 Å². The van der Waals surface area contributed by atoms with E-state index >= 15 is 0 Å². The lowest BCUT2D eigenvalue weighted by Crippen LogP contribution is -2.28. The van der Waals surface area contributed by atoms with E-state index in [1.807, 2.05) is 23.5 Å². The van der Waals surface area contributed by atoms with Crippen molar-refractivity contribution in [3.8, 4) is 44.5 Å². The van der Waals surface area contributed by atoms with E-state index in [9.17, 15) is 0 Å². The molecule has 0 N–H and O–H groups in total. The standard InChI is InChI=1S/C67H43NOS/c1-3-19-49(20-4-1)67(50-21-5-2-6-22-50)61-29-10-7-24-55(61)59-43-53(37-38-62(59)67)68(52-23-14-18-48(41-52)54-27-15-28-58-57-26-9-12-31-65(57)70-66(54)58)51-35-32-44(33-36-51)45-16-13-17-46(40-45)47-34-39-64-60(42-47)56-25-8-11-30-63(56)69-64/h1-43H. The molecule has 328 valence electrons. The summed E-state index contributed by atoms with van der Waals surface area (Å²) in [4.78, 5) is 2.44. The zero-order chi connectivity index (χ0) is 46.2. The molecule has 0 unspecified atom stereocenters. The van der Waals surface area contributed by atoms with Crippen molar-refractivity contribution in [3.05, 3.63) is 283 Å².